The summed E-state index contributed by atoms with van der Waals surface area (Å²) in [6.45, 7) is 9.31. The highest BCUT2D eigenvalue weighted by molar-refractivity contribution is 6.60. The van der Waals surface area contributed by atoms with Gasteiger partial charge >= 0.3 is 8.80 Å². The minimum atomic E-state index is -2.45. The number of unbranched alkanes of at least 4 members (excludes halogenated alkanes) is 2. The van der Waals surface area contributed by atoms with Gasteiger partial charge in [0.1, 0.15) is 0 Å². The van der Waals surface area contributed by atoms with Crippen LogP contribution >= 0.6 is 0 Å². The van der Waals surface area contributed by atoms with Crippen molar-refractivity contribution >= 4 is 8.80 Å². The van der Waals surface area contributed by atoms with E-state index in [2.05, 4.69) is 20.8 Å². The molecule has 0 aliphatic heterocycles. The van der Waals surface area contributed by atoms with E-state index in [1.54, 1.807) is 0 Å². The second-order valence-electron chi connectivity index (χ2n) is 4.83. The Morgan fingerprint density at radius 3 is 1.58 bits per heavy atom. The van der Waals surface area contributed by atoms with Crippen molar-refractivity contribution in [2.75, 3.05) is 26.4 Å². The molecule has 0 spiro atoms. The molecule has 0 aromatic rings. The second kappa shape index (κ2) is 13.1. The zero-order valence-corrected chi connectivity index (χ0v) is 14.1. The lowest BCUT2D eigenvalue weighted by molar-refractivity contribution is 0.0586. The fourth-order valence-electron chi connectivity index (χ4n) is 1.78. The van der Waals surface area contributed by atoms with Crippen LogP contribution in [-0.4, -0.2) is 35.2 Å². The molecule has 5 heteroatoms. The number of hydrogen-bond acceptors (Lipinski definition) is 4. The van der Waals surface area contributed by atoms with Gasteiger partial charge in [0.15, 0.2) is 0 Å². The minimum Gasteiger partial charge on any atom is -0.373 e. The van der Waals surface area contributed by atoms with E-state index in [-0.39, 0.29) is 0 Å². The molecule has 0 aromatic heterocycles. The molecule has 0 heterocycles. The van der Waals surface area contributed by atoms with E-state index in [1.165, 1.54) is 0 Å². The Balaban J connectivity index is 4.38. The van der Waals surface area contributed by atoms with Gasteiger partial charge in [-0.25, -0.2) is 0 Å². The van der Waals surface area contributed by atoms with E-state index < -0.39 is 8.80 Å². The summed E-state index contributed by atoms with van der Waals surface area (Å²) >= 11 is 0. The minimum absolute atomic E-state index is 0.733. The molecular weight excluding hydrogens is 258 g/mol. The third-order valence-corrected chi connectivity index (χ3v) is 5.66. The van der Waals surface area contributed by atoms with Crippen molar-refractivity contribution in [2.45, 2.75) is 65.3 Å². The van der Waals surface area contributed by atoms with Crippen LogP contribution in [0.4, 0.5) is 0 Å². The van der Waals surface area contributed by atoms with Gasteiger partial charge in [-0.05, 0) is 38.6 Å². The molecule has 0 bridgehead atoms. The van der Waals surface area contributed by atoms with Crippen LogP contribution in [0.1, 0.15) is 59.3 Å². The smallest absolute Gasteiger partial charge is 0.373 e. The standard InChI is InChI=1S/C14H33NO3Si/c1-4-11-16-19(17-12-5-2,18-13-6-3)14-9-7-8-10-15/h4-15H2,1-3H3. The molecular formula is C14H33NO3Si. The van der Waals surface area contributed by atoms with Crippen molar-refractivity contribution in [1.29, 1.82) is 0 Å². The van der Waals surface area contributed by atoms with E-state index >= 15 is 0 Å². The van der Waals surface area contributed by atoms with E-state index in [9.17, 15) is 0 Å². The molecule has 0 aliphatic rings. The van der Waals surface area contributed by atoms with Crippen LogP contribution in [0, 0.1) is 0 Å². The zero-order chi connectivity index (χ0) is 14.4. The highest BCUT2D eigenvalue weighted by Crippen LogP contribution is 2.21. The summed E-state index contributed by atoms with van der Waals surface area (Å²) in [5.74, 6) is 0. The highest BCUT2D eigenvalue weighted by Gasteiger charge is 2.40. The van der Waals surface area contributed by atoms with Gasteiger partial charge in [0.2, 0.25) is 0 Å². The van der Waals surface area contributed by atoms with Gasteiger partial charge in [-0.2, -0.15) is 0 Å². The maximum Gasteiger partial charge on any atom is 0.500 e. The predicted octanol–water partition coefficient (Wildman–Crippen LogP) is 3.33. The fraction of sp³-hybridized carbons (Fsp3) is 1.00. The molecule has 0 amide bonds. The number of hydrogen-bond donors (Lipinski definition) is 1. The van der Waals surface area contributed by atoms with Gasteiger partial charge in [0, 0.05) is 25.9 Å². The largest absolute Gasteiger partial charge is 0.500 e. The van der Waals surface area contributed by atoms with Gasteiger partial charge in [-0.1, -0.05) is 27.2 Å². The first kappa shape index (κ1) is 19.1. The van der Waals surface area contributed by atoms with Gasteiger partial charge < -0.3 is 19.0 Å². The lowest BCUT2D eigenvalue weighted by Crippen LogP contribution is -2.46. The molecule has 0 saturated heterocycles. The molecule has 2 N–H and O–H groups in total. The average Bonchev–Trinajstić information content (AvgIpc) is 2.44. The van der Waals surface area contributed by atoms with Crippen molar-refractivity contribution in [3.63, 3.8) is 0 Å². The van der Waals surface area contributed by atoms with E-state index in [0.717, 1.165) is 70.9 Å². The highest BCUT2D eigenvalue weighted by atomic mass is 28.4. The van der Waals surface area contributed by atoms with Crippen LogP contribution < -0.4 is 5.73 Å². The second-order valence-corrected chi connectivity index (χ2v) is 7.56. The van der Waals surface area contributed by atoms with Crippen molar-refractivity contribution in [2.24, 2.45) is 5.73 Å². The fourth-order valence-corrected chi connectivity index (χ4v) is 4.69. The molecule has 0 rings (SSSR count). The van der Waals surface area contributed by atoms with Crippen molar-refractivity contribution in [3.8, 4) is 0 Å². The first-order valence-corrected chi connectivity index (χ1v) is 9.79. The van der Waals surface area contributed by atoms with Crippen LogP contribution in [0.3, 0.4) is 0 Å². The van der Waals surface area contributed by atoms with Crippen LogP contribution in [0.25, 0.3) is 0 Å². The van der Waals surface area contributed by atoms with E-state index in [1.807, 2.05) is 0 Å². The first-order chi connectivity index (χ1) is 9.24. The monoisotopic (exact) mass is 291 g/mol. The van der Waals surface area contributed by atoms with Gasteiger partial charge in [0.05, 0.1) is 0 Å². The molecule has 0 fully saturated rings. The Morgan fingerprint density at radius 1 is 0.737 bits per heavy atom. The summed E-state index contributed by atoms with van der Waals surface area (Å²) in [5, 5.41) is 0. The quantitative estimate of drug-likeness (QED) is 0.394. The lowest BCUT2D eigenvalue weighted by Gasteiger charge is -2.29. The van der Waals surface area contributed by atoms with Gasteiger partial charge in [-0.3, -0.25) is 0 Å². The summed E-state index contributed by atoms with van der Waals surface area (Å²) in [6, 6.07) is 0.924. The van der Waals surface area contributed by atoms with E-state index in [4.69, 9.17) is 19.0 Å². The number of nitrogens with two attached hydrogens (primary N) is 1. The molecule has 116 valence electrons. The Kier molecular flexibility index (Phi) is 13.1. The maximum absolute atomic E-state index is 6.03. The molecule has 0 atom stereocenters. The third kappa shape index (κ3) is 9.57. The molecule has 0 saturated carbocycles. The van der Waals surface area contributed by atoms with Crippen molar-refractivity contribution < 1.29 is 13.3 Å². The molecule has 19 heavy (non-hydrogen) atoms. The normalized spacial score (nSPS) is 12.0. The Morgan fingerprint density at radius 2 is 1.21 bits per heavy atom. The van der Waals surface area contributed by atoms with Crippen LogP contribution in [0.15, 0.2) is 0 Å². The first-order valence-electron chi connectivity index (χ1n) is 7.86. The van der Waals surface area contributed by atoms with Crippen LogP contribution in [0.2, 0.25) is 6.04 Å². The van der Waals surface area contributed by atoms with Gasteiger partial charge in [0.25, 0.3) is 0 Å². The zero-order valence-electron chi connectivity index (χ0n) is 13.1. The van der Waals surface area contributed by atoms with Crippen LogP contribution in [0.5, 0.6) is 0 Å². The Bertz CT molecular complexity index is 172. The number of rotatable bonds is 14. The van der Waals surface area contributed by atoms with Crippen molar-refractivity contribution in [3.05, 3.63) is 0 Å². The molecule has 0 radical (unpaired) electrons. The molecule has 0 aromatic carbocycles. The summed E-state index contributed by atoms with van der Waals surface area (Å²) < 4.78 is 18.1. The van der Waals surface area contributed by atoms with E-state index in [0.29, 0.717) is 0 Å². The SMILES string of the molecule is CCCO[Si](CCCCCN)(OCCC)OCCC. The topological polar surface area (TPSA) is 53.7 Å². The van der Waals surface area contributed by atoms with Gasteiger partial charge in [-0.15, -0.1) is 0 Å². The maximum atomic E-state index is 6.03. The summed E-state index contributed by atoms with van der Waals surface area (Å²) in [7, 11) is -2.45. The van der Waals surface area contributed by atoms with Crippen LogP contribution in [-0.2, 0) is 13.3 Å². The lowest BCUT2D eigenvalue weighted by atomic mass is 10.2. The summed E-state index contributed by atoms with van der Waals surface area (Å²) in [4.78, 5) is 0. The Hall–Kier alpha value is 0.0569. The Labute approximate surface area is 120 Å². The third-order valence-electron chi connectivity index (χ3n) is 2.77. The molecule has 0 unspecified atom stereocenters. The predicted molar refractivity (Wildman–Crippen MR) is 82.2 cm³/mol. The molecule has 4 nitrogen and oxygen atoms in total. The summed E-state index contributed by atoms with van der Waals surface area (Å²) in [5.41, 5.74) is 5.54. The summed E-state index contributed by atoms with van der Waals surface area (Å²) in [6.07, 6.45) is 6.29. The average molecular weight is 292 g/mol. The molecule has 0 aliphatic carbocycles. The van der Waals surface area contributed by atoms with Crippen molar-refractivity contribution in [1.82, 2.24) is 0 Å².